The molecular weight excluding hydrogens is 326 g/mol. The SMILES string of the molecule is CCC1=CC(CN)=C(CC)CC1.Cc1ccc2c(c1)C(C)c1ccccc1-2. The molecule has 0 aliphatic heterocycles. The lowest BCUT2D eigenvalue weighted by molar-refractivity contribution is 0.801. The summed E-state index contributed by atoms with van der Waals surface area (Å²) in [5.74, 6) is 0.552. The molecule has 0 heterocycles. The molecule has 0 saturated carbocycles. The Kier molecular flexibility index (Phi) is 6.34. The molecule has 1 atom stereocenters. The van der Waals surface area contributed by atoms with Gasteiger partial charge < -0.3 is 5.73 Å². The number of allylic oxidation sites excluding steroid dienone is 2. The zero-order valence-corrected chi connectivity index (χ0v) is 17.3. The van der Waals surface area contributed by atoms with Crippen LogP contribution in [-0.2, 0) is 0 Å². The van der Waals surface area contributed by atoms with Gasteiger partial charge in [0.1, 0.15) is 0 Å². The number of aryl methyl sites for hydroxylation is 1. The van der Waals surface area contributed by atoms with Crippen LogP contribution < -0.4 is 5.73 Å². The minimum Gasteiger partial charge on any atom is -0.326 e. The Morgan fingerprint density at radius 1 is 0.926 bits per heavy atom. The lowest BCUT2D eigenvalue weighted by Gasteiger charge is -2.17. The Morgan fingerprint density at radius 3 is 2.37 bits per heavy atom. The van der Waals surface area contributed by atoms with Crippen LogP contribution in [0.1, 0.15) is 69.1 Å². The second-order valence-corrected chi connectivity index (χ2v) is 7.74. The van der Waals surface area contributed by atoms with Gasteiger partial charge >= 0.3 is 0 Å². The summed E-state index contributed by atoms with van der Waals surface area (Å²) in [6.45, 7) is 9.61. The third-order valence-electron chi connectivity index (χ3n) is 6.07. The van der Waals surface area contributed by atoms with Crippen LogP contribution in [0.3, 0.4) is 0 Å². The maximum Gasteiger partial charge on any atom is 0.0177 e. The van der Waals surface area contributed by atoms with E-state index in [9.17, 15) is 0 Å². The van der Waals surface area contributed by atoms with E-state index >= 15 is 0 Å². The van der Waals surface area contributed by atoms with E-state index in [1.165, 1.54) is 59.1 Å². The molecule has 4 rings (SSSR count). The summed E-state index contributed by atoms with van der Waals surface area (Å²) in [5.41, 5.74) is 17.3. The molecule has 2 aliphatic carbocycles. The van der Waals surface area contributed by atoms with Crippen LogP contribution in [0, 0.1) is 6.92 Å². The van der Waals surface area contributed by atoms with E-state index in [4.69, 9.17) is 5.73 Å². The lowest BCUT2D eigenvalue weighted by Crippen LogP contribution is -2.08. The molecule has 0 bridgehead atoms. The van der Waals surface area contributed by atoms with Gasteiger partial charge in [0.2, 0.25) is 0 Å². The third kappa shape index (κ3) is 4.09. The molecule has 0 amide bonds. The van der Waals surface area contributed by atoms with E-state index in [1.54, 1.807) is 11.1 Å². The molecule has 0 fully saturated rings. The molecule has 1 heteroatoms. The van der Waals surface area contributed by atoms with Crippen LogP contribution >= 0.6 is 0 Å². The van der Waals surface area contributed by atoms with Gasteiger partial charge in [0, 0.05) is 12.5 Å². The van der Waals surface area contributed by atoms with Crippen molar-refractivity contribution >= 4 is 0 Å². The Labute approximate surface area is 165 Å². The molecule has 0 spiro atoms. The summed E-state index contributed by atoms with van der Waals surface area (Å²) >= 11 is 0. The summed E-state index contributed by atoms with van der Waals surface area (Å²) < 4.78 is 0. The van der Waals surface area contributed by atoms with Gasteiger partial charge in [-0.25, -0.2) is 0 Å². The summed E-state index contributed by atoms with van der Waals surface area (Å²) in [6.07, 6.45) is 7.15. The van der Waals surface area contributed by atoms with Gasteiger partial charge in [-0.2, -0.15) is 0 Å². The molecule has 0 radical (unpaired) electrons. The van der Waals surface area contributed by atoms with Gasteiger partial charge in [-0.05, 0) is 60.4 Å². The van der Waals surface area contributed by atoms with Crippen molar-refractivity contribution in [3.05, 3.63) is 82.0 Å². The number of hydrogen-bond acceptors (Lipinski definition) is 1. The standard InChI is InChI=1S/C15H14.C11H19N/c1-10-7-8-14-13-6-4-3-5-12(13)11(2)15(14)9-10;1-3-9-5-6-10(4-2)11(7-9)8-12/h3-9,11H,1-2H3;7H,3-6,8,12H2,1-2H3. The second-order valence-electron chi connectivity index (χ2n) is 7.74. The molecular formula is C26H33N. The van der Waals surface area contributed by atoms with Crippen LogP contribution in [0.15, 0.2) is 65.3 Å². The molecule has 1 unspecified atom stereocenters. The lowest BCUT2D eigenvalue weighted by atomic mass is 9.90. The van der Waals surface area contributed by atoms with Crippen LogP contribution in [0.25, 0.3) is 11.1 Å². The average molecular weight is 360 g/mol. The van der Waals surface area contributed by atoms with Gasteiger partial charge in [-0.3, -0.25) is 0 Å². The maximum absolute atomic E-state index is 5.68. The maximum atomic E-state index is 5.68. The number of benzene rings is 2. The summed E-state index contributed by atoms with van der Waals surface area (Å²) in [5, 5.41) is 0. The monoisotopic (exact) mass is 359 g/mol. The van der Waals surface area contributed by atoms with Gasteiger partial charge in [0.05, 0.1) is 0 Å². The van der Waals surface area contributed by atoms with Gasteiger partial charge in [0.15, 0.2) is 0 Å². The normalized spacial score (nSPS) is 17.7. The number of rotatable bonds is 3. The Balaban J connectivity index is 0.000000161. The average Bonchev–Trinajstić information content (AvgIpc) is 3.00. The first-order chi connectivity index (χ1) is 13.1. The fourth-order valence-electron chi connectivity index (χ4n) is 4.35. The van der Waals surface area contributed by atoms with Crippen molar-refractivity contribution < 1.29 is 0 Å². The zero-order valence-electron chi connectivity index (χ0n) is 17.3. The van der Waals surface area contributed by atoms with Crippen molar-refractivity contribution in [3.8, 4) is 11.1 Å². The number of hydrogen-bond donors (Lipinski definition) is 1. The third-order valence-corrected chi connectivity index (χ3v) is 6.07. The van der Waals surface area contributed by atoms with Crippen molar-refractivity contribution in [1.82, 2.24) is 0 Å². The minimum atomic E-state index is 0.552. The largest absolute Gasteiger partial charge is 0.326 e. The molecule has 0 aromatic heterocycles. The van der Waals surface area contributed by atoms with Crippen molar-refractivity contribution in [2.75, 3.05) is 6.54 Å². The fraction of sp³-hybridized carbons (Fsp3) is 0.385. The Morgan fingerprint density at radius 2 is 1.67 bits per heavy atom. The van der Waals surface area contributed by atoms with Gasteiger partial charge in [-0.15, -0.1) is 0 Å². The predicted octanol–water partition coefficient (Wildman–Crippen LogP) is 6.91. The van der Waals surface area contributed by atoms with E-state index in [0.717, 1.165) is 0 Å². The molecule has 2 aliphatic rings. The number of nitrogens with two attached hydrogens (primary N) is 1. The van der Waals surface area contributed by atoms with Crippen molar-refractivity contribution in [2.24, 2.45) is 5.73 Å². The highest BCUT2D eigenvalue weighted by molar-refractivity contribution is 5.78. The molecule has 0 saturated heterocycles. The van der Waals surface area contributed by atoms with E-state index in [2.05, 4.69) is 76.2 Å². The molecule has 2 aromatic carbocycles. The smallest absolute Gasteiger partial charge is 0.0177 e. The van der Waals surface area contributed by atoms with Gasteiger partial charge in [-0.1, -0.05) is 86.0 Å². The number of fused-ring (bicyclic) bond motifs is 3. The quantitative estimate of drug-likeness (QED) is 0.633. The highest BCUT2D eigenvalue weighted by atomic mass is 14.5. The van der Waals surface area contributed by atoms with E-state index in [0.29, 0.717) is 12.5 Å². The summed E-state index contributed by atoms with van der Waals surface area (Å²) in [4.78, 5) is 0. The molecule has 2 N–H and O–H groups in total. The fourth-order valence-corrected chi connectivity index (χ4v) is 4.35. The Hall–Kier alpha value is -2.12. The molecule has 142 valence electrons. The van der Waals surface area contributed by atoms with Crippen LogP contribution in [0.2, 0.25) is 0 Å². The predicted molar refractivity (Wildman–Crippen MR) is 118 cm³/mol. The summed E-state index contributed by atoms with van der Waals surface area (Å²) in [6, 6.07) is 15.5. The molecule has 27 heavy (non-hydrogen) atoms. The zero-order chi connectivity index (χ0) is 19.4. The topological polar surface area (TPSA) is 26.0 Å². The first-order valence-electron chi connectivity index (χ1n) is 10.4. The van der Waals surface area contributed by atoms with Crippen molar-refractivity contribution in [3.63, 3.8) is 0 Å². The molecule has 2 aromatic rings. The van der Waals surface area contributed by atoms with Crippen LogP contribution in [0.5, 0.6) is 0 Å². The van der Waals surface area contributed by atoms with Crippen molar-refractivity contribution in [1.29, 1.82) is 0 Å². The first-order valence-corrected chi connectivity index (χ1v) is 10.4. The van der Waals surface area contributed by atoms with Crippen LogP contribution in [0.4, 0.5) is 0 Å². The molecule has 1 nitrogen and oxygen atoms in total. The van der Waals surface area contributed by atoms with E-state index < -0.39 is 0 Å². The second kappa shape index (κ2) is 8.71. The van der Waals surface area contributed by atoms with E-state index in [-0.39, 0.29) is 0 Å². The van der Waals surface area contributed by atoms with Crippen molar-refractivity contribution in [2.45, 2.75) is 59.3 Å². The van der Waals surface area contributed by atoms with Gasteiger partial charge in [0.25, 0.3) is 0 Å². The first kappa shape index (κ1) is 19.6. The van der Waals surface area contributed by atoms with Crippen LogP contribution in [-0.4, -0.2) is 6.54 Å². The van der Waals surface area contributed by atoms with E-state index in [1.807, 2.05) is 0 Å². The Bertz CT molecular complexity index is 870. The highest BCUT2D eigenvalue weighted by Crippen LogP contribution is 2.44. The summed E-state index contributed by atoms with van der Waals surface area (Å²) in [7, 11) is 0. The minimum absolute atomic E-state index is 0.552. The highest BCUT2D eigenvalue weighted by Gasteiger charge is 2.24.